The summed E-state index contributed by atoms with van der Waals surface area (Å²) in [6.45, 7) is 4.42. The van der Waals surface area contributed by atoms with E-state index in [1.165, 1.54) is 0 Å². The van der Waals surface area contributed by atoms with E-state index in [2.05, 4.69) is 15.0 Å². The molecule has 5 heteroatoms. The molecule has 0 aliphatic rings. The summed E-state index contributed by atoms with van der Waals surface area (Å²) in [5.41, 5.74) is 0.597. The van der Waals surface area contributed by atoms with Gasteiger partial charge in [0.1, 0.15) is 12.4 Å². The predicted molar refractivity (Wildman–Crippen MR) is 63.2 cm³/mol. The van der Waals surface area contributed by atoms with Crippen LogP contribution < -0.4 is 5.32 Å². The first-order chi connectivity index (χ1) is 8.11. The van der Waals surface area contributed by atoms with Gasteiger partial charge in [0.25, 0.3) is 6.47 Å². The summed E-state index contributed by atoms with van der Waals surface area (Å²) >= 11 is 0. The number of nitrogens with zero attached hydrogens (tertiary/aromatic N) is 1. The molecule has 0 saturated heterocycles. The summed E-state index contributed by atoms with van der Waals surface area (Å²) in [5.74, 6) is 0.709. The minimum Gasteiger partial charge on any atom is -0.461 e. The lowest BCUT2D eigenvalue weighted by Crippen LogP contribution is -2.15. The van der Waals surface area contributed by atoms with Crippen LogP contribution in [0.5, 0.6) is 0 Å². The molecule has 92 valence electrons. The number of pyridine rings is 1. The molecule has 0 fully saturated rings. The maximum absolute atomic E-state index is 11.5. The Bertz CT molecular complexity index is 391. The minimum atomic E-state index is -0.0686. The number of ether oxygens (including phenoxy) is 1. The van der Waals surface area contributed by atoms with E-state index in [9.17, 15) is 9.59 Å². The van der Waals surface area contributed by atoms with Crippen LogP contribution >= 0.6 is 0 Å². The molecule has 0 spiro atoms. The highest BCUT2D eigenvalue weighted by Gasteiger charge is 2.06. The number of hydrogen-bond donors (Lipinski definition) is 1. The van der Waals surface area contributed by atoms with E-state index in [4.69, 9.17) is 0 Å². The van der Waals surface area contributed by atoms with Crippen molar-refractivity contribution in [3.8, 4) is 0 Å². The van der Waals surface area contributed by atoms with Gasteiger partial charge in [-0.1, -0.05) is 19.9 Å². The topological polar surface area (TPSA) is 68.3 Å². The molecule has 5 nitrogen and oxygen atoms in total. The van der Waals surface area contributed by atoms with Crippen LogP contribution in [0.15, 0.2) is 18.2 Å². The van der Waals surface area contributed by atoms with Crippen molar-refractivity contribution in [3.05, 3.63) is 23.9 Å². The van der Waals surface area contributed by atoms with Gasteiger partial charge in [-0.25, -0.2) is 4.98 Å². The van der Waals surface area contributed by atoms with Crippen LogP contribution in [0.25, 0.3) is 0 Å². The third-order valence-electron chi connectivity index (χ3n) is 1.97. The van der Waals surface area contributed by atoms with Gasteiger partial charge in [0.15, 0.2) is 0 Å². The second-order valence-electron chi connectivity index (χ2n) is 4.07. The number of hydrogen-bond acceptors (Lipinski definition) is 4. The van der Waals surface area contributed by atoms with Crippen LogP contribution in [0, 0.1) is 5.92 Å². The maximum atomic E-state index is 11.5. The third kappa shape index (κ3) is 5.10. The minimum absolute atomic E-state index is 0.0686. The van der Waals surface area contributed by atoms with Crippen molar-refractivity contribution in [2.24, 2.45) is 5.92 Å². The van der Waals surface area contributed by atoms with E-state index in [0.717, 1.165) is 0 Å². The zero-order chi connectivity index (χ0) is 12.7. The van der Waals surface area contributed by atoms with E-state index >= 15 is 0 Å². The van der Waals surface area contributed by atoms with E-state index < -0.39 is 0 Å². The number of carbonyl (C=O) groups is 2. The highest BCUT2D eigenvalue weighted by atomic mass is 16.5. The molecule has 1 heterocycles. The van der Waals surface area contributed by atoms with Crippen molar-refractivity contribution in [1.29, 1.82) is 0 Å². The van der Waals surface area contributed by atoms with Gasteiger partial charge in [-0.15, -0.1) is 0 Å². The molecule has 1 aromatic rings. The molecule has 0 bridgehead atoms. The molecule has 0 aliphatic carbocycles. The Kier molecular flexibility index (Phi) is 5.13. The van der Waals surface area contributed by atoms with Crippen LogP contribution in [0.3, 0.4) is 0 Å². The molecule has 0 saturated carbocycles. The smallest absolute Gasteiger partial charge is 0.293 e. The number of carbonyl (C=O) groups excluding carboxylic acids is 2. The quantitative estimate of drug-likeness (QED) is 0.764. The summed E-state index contributed by atoms with van der Waals surface area (Å²) in [4.78, 5) is 25.7. The monoisotopic (exact) mass is 236 g/mol. The maximum Gasteiger partial charge on any atom is 0.293 e. The van der Waals surface area contributed by atoms with Gasteiger partial charge in [0.05, 0.1) is 5.69 Å². The van der Waals surface area contributed by atoms with Crippen LogP contribution in [0.1, 0.15) is 26.0 Å². The number of aromatic nitrogens is 1. The molecular formula is C12H16N2O3. The van der Waals surface area contributed by atoms with Crippen molar-refractivity contribution in [3.63, 3.8) is 0 Å². The molecule has 1 amide bonds. The first kappa shape index (κ1) is 13.2. The Hall–Kier alpha value is -1.91. The molecule has 17 heavy (non-hydrogen) atoms. The third-order valence-corrected chi connectivity index (χ3v) is 1.97. The number of nitrogens with one attached hydrogen (secondary N) is 1. The number of amides is 1. The molecule has 0 unspecified atom stereocenters. The Morgan fingerprint density at radius 1 is 1.53 bits per heavy atom. The lowest BCUT2D eigenvalue weighted by Gasteiger charge is -2.07. The van der Waals surface area contributed by atoms with Crippen LogP contribution in [0.2, 0.25) is 0 Å². The second-order valence-corrected chi connectivity index (χ2v) is 4.07. The van der Waals surface area contributed by atoms with Crippen LogP contribution in [-0.2, 0) is 20.9 Å². The Morgan fingerprint density at radius 2 is 2.29 bits per heavy atom. The first-order valence-corrected chi connectivity index (χ1v) is 5.43. The average Bonchev–Trinajstić information content (AvgIpc) is 2.25. The molecular weight excluding hydrogens is 220 g/mol. The molecule has 1 N–H and O–H groups in total. The fourth-order valence-electron chi connectivity index (χ4n) is 1.31. The Labute approximate surface area is 100 Å². The Morgan fingerprint density at radius 3 is 2.94 bits per heavy atom. The summed E-state index contributed by atoms with van der Waals surface area (Å²) in [7, 11) is 0. The normalized spacial score (nSPS) is 10.1. The molecule has 1 rings (SSSR count). The zero-order valence-electron chi connectivity index (χ0n) is 9.97. The van der Waals surface area contributed by atoms with E-state index in [1.807, 2.05) is 13.8 Å². The molecule has 0 atom stereocenters. The van der Waals surface area contributed by atoms with Gasteiger partial charge in [0.2, 0.25) is 5.91 Å². The standard InChI is InChI=1S/C12H16N2O3/c1-9(2)6-12(16)14-11-5-3-4-10(13-11)7-17-8-15/h3-5,8-9H,6-7H2,1-2H3,(H,13,14,16). The molecule has 0 aromatic carbocycles. The molecule has 1 aromatic heterocycles. The van der Waals surface area contributed by atoms with Gasteiger partial charge in [-0.3, -0.25) is 9.59 Å². The highest BCUT2D eigenvalue weighted by molar-refractivity contribution is 5.89. The summed E-state index contributed by atoms with van der Waals surface area (Å²) in [6.07, 6.45) is 0.455. The lowest BCUT2D eigenvalue weighted by atomic mass is 10.1. The average molecular weight is 236 g/mol. The van der Waals surface area contributed by atoms with E-state index in [1.54, 1.807) is 18.2 Å². The van der Waals surface area contributed by atoms with Crippen molar-refractivity contribution >= 4 is 18.2 Å². The van der Waals surface area contributed by atoms with Crippen molar-refractivity contribution in [2.75, 3.05) is 5.32 Å². The fraction of sp³-hybridized carbons (Fsp3) is 0.417. The fourth-order valence-corrected chi connectivity index (χ4v) is 1.31. The van der Waals surface area contributed by atoms with Gasteiger partial charge in [-0.05, 0) is 18.1 Å². The van der Waals surface area contributed by atoms with Gasteiger partial charge in [-0.2, -0.15) is 0 Å². The van der Waals surface area contributed by atoms with Crippen molar-refractivity contribution < 1.29 is 14.3 Å². The molecule has 0 radical (unpaired) electrons. The summed E-state index contributed by atoms with van der Waals surface area (Å²) in [6, 6.07) is 5.17. The van der Waals surface area contributed by atoms with E-state index in [0.29, 0.717) is 30.3 Å². The number of rotatable bonds is 6. The predicted octanol–water partition coefficient (Wildman–Crippen LogP) is 1.74. The summed E-state index contributed by atoms with van der Waals surface area (Å²) < 4.78 is 4.59. The van der Waals surface area contributed by atoms with Crippen LogP contribution in [0.4, 0.5) is 5.82 Å². The second kappa shape index (κ2) is 6.62. The van der Waals surface area contributed by atoms with E-state index in [-0.39, 0.29) is 12.5 Å². The van der Waals surface area contributed by atoms with Gasteiger partial charge < -0.3 is 10.1 Å². The molecule has 0 aliphatic heterocycles. The van der Waals surface area contributed by atoms with Crippen LogP contribution in [-0.4, -0.2) is 17.4 Å². The van der Waals surface area contributed by atoms with Crippen molar-refractivity contribution in [1.82, 2.24) is 4.98 Å². The first-order valence-electron chi connectivity index (χ1n) is 5.43. The lowest BCUT2D eigenvalue weighted by molar-refractivity contribution is -0.130. The largest absolute Gasteiger partial charge is 0.461 e. The van der Waals surface area contributed by atoms with Crippen molar-refractivity contribution in [2.45, 2.75) is 26.9 Å². The van der Waals surface area contributed by atoms with Gasteiger partial charge >= 0.3 is 0 Å². The zero-order valence-corrected chi connectivity index (χ0v) is 9.97. The number of anilines is 1. The highest BCUT2D eigenvalue weighted by Crippen LogP contribution is 2.08. The summed E-state index contributed by atoms with van der Waals surface area (Å²) in [5, 5.41) is 2.70. The SMILES string of the molecule is CC(C)CC(=O)Nc1cccc(COC=O)n1. The Balaban J connectivity index is 2.58. The van der Waals surface area contributed by atoms with Gasteiger partial charge in [0, 0.05) is 6.42 Å².